The van der Waals surface area contributed by atoms with E-state index in [9.17, 15) is 0 Å². The van der Waals surface area contributed by atoms with Gasteiger partial charge in [-0.15, -0.1) is 23.1 Å². The van der Waals surface area contributed by atoms with E-state index in [-0.39, 0.29) is 0 Å². The third-order valence-electron chi connectivity index (χ3n) is 2.59. The quantitative estimate of drug-likeness (QED) is 0.830. The Morgan fingerprint density at radius 3 is 3.06 bits per heavy atom. The highest BCUT2D eigenvalue weighted by atomic mass is 35.5. The Kier molecular flexibility index (Phi) is 5.06. The molecule has 1 N–H and O–H groups in total. The molecule has 0 amide bonds. The highest BCUT2D eigenvalue weighted by Gasteiger charge is 2.08. The van der Waals surface area contributed by atoms with Crippen LogP contribution in [0.3, 0.4) is 0 Å². The number of hydrogen-bond acceptors (Lipinski definition) is 4. The molecule has 0 bridgehead atoms. The van der Waals surface area contributed by atoms with Gasteiger partial charge in [-0.05, 0) is 32.2 Å². The zero-order chi connectivity index (χ0) is 13.0. The Bertz CT molecular complexity index is 513. The lowest BCUT2D eigenvalue weighted by molar-refractivity contribution is 0.662. The van der Waals surface area contributed by atoms with Crippen LogP contribution in [0, 0.1) is 0 Å². The maximum Gasteiger partial charge on any atom is 0.103 e. The first-order chi connectivity index (χ1) is 8.69. The normalized spacial score (nSPS) is 12.6. The summed E-state index contributed by atoms with van der Waals surface area (Å²) >= 11 is 9.48. The largest absolute Gasteiger partial charge is 0.312 e. The van der Waals surface area contributed by atoms with Gasteiger partial charge in [-0.1, -0.05) is 17.7 Å². The maximum atomic E-state index is 5.96. The summed E-state index contributed by atoms with van der Waals surface area (Å²) in [5, 5.41) is 5.15. The summed E-state index contributed by atoms with van der Waals surface area (Å²) in [6, 6.07) is 8.29. The zero-order valence-corrected chi connectivity index (χ0v) is 12.7. The van der Waals surface area contributed by atoms with Crippen LogP contribution in [-0.4, -0.2) is 12.0 Å². The number of nitrogens with zero attached hydrogens (tertiary/aromatic N) is 1. The molecular formula is C13H15ClN2S2. The van der Waals surface area contributed by atoms with Crippen molar-refractivity contribution in [3.8, 4) is 0 Å². The Morgan fingerprint density at radius 1 is 1.50 bits per heavy atom. The molecule has 2 aromatic rings. The number of halogens is 1. The van der Waals surface area contributed by atoms with Crippen LogP contribution in [0.15, 0.2) is 35.4 Å². The molecule has 0 aliphatic carbocycles. The van der Waals surface area contributed by atoms with Gasteiger partial charge in [0.25, 0.3) is 0 Å². The molecule has 0 radical (unpaired) electrons. The van der Waals surface area contributed by atoms with Crippen LogP contribution < -0.4 is 5.32 Å². The van der Waals surface area contributed by atoms with Crippen molar-refractivity contribution in [1.29, 1.82) is 0 Å². The summed E-state index contributed by atoms with van der Waals surface area (Å²) in [6.45, 7) is 2.14. The third-order valence-corrected chi connectivity index (χ3v) is 5.19. The minimum Gasteiger partial charge on any atom is -0.312 e. The van der Waals surface area contributed by atoms with E-state index >= 15 is 0 Å². The highest BCUT2D eigenvalue weighted by Crippen LogP contribution is 2.28. The van der Waals surface area contributed by atoms with Crippen LogP contribution >= 0.6 is 34.7 Å². The Labute approximate surface area is 121 Å². The number of benzene rings is 1. The lowest BCUT2D eigenvalue weighted by atomic mass is 10.3. The second kappa shape index (κ2) is 6.57. The van der Waals surface area contributed by atoms with E-state index in [0.717, 1.165) is 15.8 Å². The first-order valence-electron chi connectivity index (χ1n) is 5.69. The second-order valence-corrected chi connectivity index (χ2v) is 6.54. The lowest BCUT2D eigenvalue weighted by Crippen LogP contribution is -2.10. The summed E-state index contributed by atoms with van der Waals surface area (Å²) in [4.78, 5) is 6.91. The van der Waals surface area contributed by atoms with Crippen molar-refractivity contribution in [1.82, 2.24) is 10.3 Å². The number of aromatic nitrogens is 1. The first-order valence-corrected chi connectivity index (χ1v) is 7.87. The maximum absolute atomic E-state index is 5.96. The number of thiazole rings is 1. The van der Waals surface area contributed by atoms with Gasteiger partial charge in [0.15, 0.2) is 0 Å². The van der Waals surface area contributed by atoms with E-state index in [1.54, 1.807) is 23.1 Å². The van der Waals surface area contributed by atoms with Gasteiger partial charge in [-0.2, -0.15) is 0 Å². The fourth-order valence-corrected chi connectivity index (χ4v) is 3.63. The van der Waals surface area contributed by atoms with Gasteiger partial charge in [-0.25, -0.2) is 4.98 Å². The fraction of sp³-hybridized carbons (Fsp3) is 0.308. The van der Waals surface area contributed by atoms with E-state index in [1.807, 2.05) is 31.4 Å². The first kappa shape index (κ1) is 13.9. The smallest absolute Gasteiger partial charge is 0.103 e. The average molecular weight is 299 g/mol. The molecule has 1 heterocycles. The minimum atomic E-state index is 0.368. The van der Waals surface area contributed by atoms with Gasteiger partial charge >= 0.3 is 0 Å². The van der Waals surface area contributed by atoms with Crippen molar-refractivity contribution < 1.29 is 0 Å². The topological polar surface area (TPSA) is 24.9 Å². The Morgan fingerprint density at radius 2 is 2.33 bits per heavy atom. The van der Waals surface area contributed by atoms with Gasteiger partial charge in [0.05, 0.1) is 5.75 Å². The fourth-order valence-electron chi connectivity index (χ4n) is 1.44. The monoisotopic (exact) mass is 298 g/mol. The van der Waals surface area contributed by atoms with Crippen molar-refractivity contribution in [3.05, 3.63) is 45.4 Å². The van der Waals surface area contributed by atoms with Crippen LogP contribution in [0.1, 0.15) is 22.9 Å². The van der Waals surface area contributed by atoms with Gasteiger partial charge in [-0.3, -0.25) is 0 Å². The predicted molar refractivity (Wildman–Crippen MR) is 80.6 cm³/mol. The molecule has 1 unspecified atom stereocenters. The molecule has 1 aromatic heterocycles. The van der Waals surface area contributed by atoms with Crippen LogP contribution in [-0.2, 0) is 5.75 Å². The molecule has 5 heteroatoms. The molecule has 2 rings (SSSR count). The van der Waals surface area contributed by atoms with Crippen LogP contribution in [0.5, 0.6) is 0 Å². The van der Waals surface area contributed by atoms with Crippen molar-refractivity contribution in [2.45, 2.75) is 23.6 Å². The van der Waals surface area contributed by atoms with Crippen molar-refractivity contribution in [2.24, 2.45) is 0 Å². The molecule has 96 valence electrons. The number of rotatable bonds is 5. The predicted octanol–water partition coefficient (Wildman–Crippen LogP) is 4.37. The third kappa shape index (κ3) is 3.72. The van der Waals surface area contributed by atoms with Gasteiger partial charge in [0, 0.05) is 27.0 Å². The molecule has 0 fully saturated rings. The molecule has 1 atom stereocenters. The number of nitrogens with one attached hydrogen (secondary N) is 1. The van der Waals surface area contributed by atoms with Gasteiger partial charge in [0.1, 0.15) is 5.01 Å². The van der Waals surface area contributed by atoms with Crippen LogP contribution in [0.25, 0.3) is 0 Å². The molecule has 2 nitrogen and oxygen atoms in total. The molecule has 0 aliphatic heterocycles. The van der Waals surface area contributed by atoms with E-state index in [4.69, 9.17) is 11.6 Å². The number of hydrogen-bond donors (Lipinski definition) is 1. The highest BCUT2D eigenvalue weighted by molar-refractivity contribution is 7.98. The van der Waals surface area contributed by atoms with Crippen molar-refractivity contribution in [3.63, 3.8) is 0 Å². The minimum absolute atomic E-state index is 0.368. The average Bonchev–Trinajstić information content (AvgIpc) is 2.84. The molecule has 0 aliphatic rings. The van der Waals surface area contributed by atoms with Crippen molar-refractivity contribution in [2.75, 3.05) is 7.05 Å². The van der Waals surface area contributed by atoms with E-state index in [1.165, 1.54) is 9.77 Å². The van der Waals surface area contributed by atoms with Gasteiger partial charge < -0.3 is 5.32 Å². The standard InChI is InChI=1S/C13H15ClN2S2/c1-9(15-2)12-7-16-13(18-12)8-17-11-5-3-4-10(14)6-11/h3-7,9,15H,8H2,1-2H3. The summed E-state index contributed by atoms with van der Waals surface area (Å²) in [7, 11) is 1.96. The van der Waals surface area contributed by atoms with Crippen LogP contribution in [0.4, 0.5) is 0 Å². The summed E-state index contributed by atoms with van der Waals surface area (Å²) < 4.78 is 0. The molecule has 0 saturated heterocycles. The van der Waals surface area contributed by atoms with Crippen molar-refractivity contribution >= 4 is 34.7 Å². The van der Waals surface area contributed by atoms with Gasteiger partial charge in [0.2, 0.25) is 0 Å². The molecule has 0 saturated carbocycles. The second-order valence-electron chi connectivity index (χ2n) is 3.91. The van der Waals surface area contributed by atoms with E-state index in [0.29, 0.717) is 6.04 Å². The lowest BCUT2D eigenvalue weighted by Gasteiger charge is -2.04. The summed E-state index contributed by atoms with van der Waals surface area (Å²) in [5.74, 6) is 0.890. The summed E-state index contributed by atoms with van der Waals surface area (Å²) in [5.41, 5.74) is 0. The molecule has 1 aromatic carbocycles. The SMILES string of the molecule is CNC(C)c1cnc(CSc2cccc(Cl)c2)s1. The van der Waals surface area contributed by atoms with E-state index < -0.39 is 0 Å². The van der Waals surface area contributed by atoms with Crippen LogP contribution in [0.2, 0.25) is 5.02 Å². The summed E-state index contributed by atoms with van der Waals surface area (Å²) in [6.07, 6.45) is 1.96. The number of thioether (sulfide) groups is 1. The Balaban J connectivity index is 1.96. The Hall–Kier alpha value is -0.550. The molecular weight excluding hydrogens is 284 g/mol. The van der Waals surface area contributed by atoms with E-state index in [2.05, 4.69) is 23.3 Å². The molecule has 0 spiro atoms. The zero-order valence-electron chi connectivity index (χ0n) is 10.3. The molecule has 18 heavy (non-hydrogen) atoms.